The summed E-state index contributed by atoms with van der Waals surface area (Å²) in [4.78, 5) is 12.8. The maximum Gasteiger partial charge on any atom is 0.245 e. The summed E-state index contributed by atoms with van der Waals surface area (Å²) in [5.74, 6) is -0.140. The minimum Gasteiger partial charge on any atom is -0.324 e. The summed E-state index contributed by atoms with van der Waals surface area (Å²) in [6.45, 7) is 4.18. The number of fused-ring (bicyclic) bond motifs is 2. The van der Waals surface area contributed by atoms with E-state index < -0.39 is 5.54 Å². The molecule has 0 bridgehead atoms. The van der Waals surface area contributed by atoms with Gasteiger partial charge in [-0.15, -0.1) is 0 Å². The van der Waals surface area contributed by atoms with E-state index in [9.17, 15) is 4.79 Å². The van der Waals surface area contributed by atoms with E-state index in [0.717, 1.165) is 27.7 Å². The fourth-order valence-corrected chi connectivity index (χ4v) is 3.45. The third-order valence-corrected chi connectivity index (χ3v) is 4.89. The van der Waals surface area contributed by atoms with Gasteiger partial charge < -0.3 is 11.1 Å². The number of anilines is 1. The van der Waals surface area contributed by atoms with E-state index in [-0.39, 0.29) is 5.91 Å². The van der Waals surface area contributed by atoms with Crippen molar-refractivity contribution in [3.8, 4) is 0 Å². The van der Waals surface area contributed by atoms with Gasteiger partial charge >= 0.3 is 0 Å². The Morgan fingerprint density at radius 1 is 1.20 bits per heavy atom. The predicted octanol–water partition coefficient (Wildman–Crippen LogP) is 3.05. The van der Waals surface area contributed by atoms with Gasteiger partial charge in [0.05, 0.1) is 5.52 Å². The second kappa shape index (κ2) is 5.70. The molecule has 1 heterocycles. The number of hydrogen-bond donors (Lipinski definition) is 2. The molecule has 0 saturated heterocycles. The predicted molar refractivity (Wildman–Crippen MR) is 99.5 cm³/mol. The number of aromatic nitrogens is 2. The Kier molecular flexibility index (Phi) is 3.62. The molecule has 1 aliphatic carbocycles. The summed E-state index contributed by atoms with van der Waals surface area (Å²) >= 11 is 0. The number of nitrogens with two attached hydrogens (primary N) is 1. The van der Waals surface area contributed by atoms with E-state index in [1.165, 1.54) is 0 Å². The van der Waals surface area contributed by atoms with E-state index in [2.05, 4.69) is 24.3 Å². The summed E-state index contributed by atoms with van der Waals surface area (Å²) in [5, 5.41) is 8.53. The third-order valence-electron chi connectivity index (χ3n) is 4.89. The van der Waals surface area contributed by atoms with Crippen LogP contribution in [0.25, 0.3) is 10.9 Å². The lowest BCUT2D eigenvalue weighted by molar-refractivity contribution is -0.120. The van der Waals surface area contributed by atoms with Crippen molar-refractivity contribution in [3.05, 3.63) is 59.8 Å². The third kappa shape index (κ3) is 2.81. The molecule has 128 valence electrons. The van der Waals surface area contributed by atoms with Gasteiger partial charge in [-0.3, -0.25) is 9.48 Å². The molecular weight excluding hydrogens is 312 g/mol. The highest BCUT2D eigenvalue weighted by Gasteiger charge is 2.40. The van der Waals surface area contributed by atoms with Crippen molar-refractivity contribution >= 4 is 22.5 Å². The van der Waals surface area contributed by atoms with Crippen LogP contribution in [0.5, 0.6) is 0 Å². The van der Waals surface area contributed by atoms with Crippen molar-refractivity contribution in [2.45, 2.75) is 38.3 Å². The molecule has 1 aromatic heterocycles. The van der Waals surface area contributed by atoms with Crippen LogP contribution >= 0.6 is 0 Å². The van der Waals surface area contributed by atoms with Crippen LogP contribution in [-0.2, 0) is 17.6 Å². The standard InChI is InChI=1S/C20H22N4O/c1-13(2)24-12-16-9-17(7-8-18(16)23-24)22-19(25)20(21)10-14-5-3-4-6-15(14)11-20/h3-9,12-13H,10-11,21H2,1-2H3,(H,22,25). The Bertz CT molecular complexity index is 932. The Morgan fingerprint density at radius 3 is 2.52 bits per heavy atom. The molecule has 4 rings (SSSR count). The average Bonchev–Trinajstić information content (AvgIpc) is 3.15. The lowest BCUT2D eigenvalue weighted by atomic mass is 9.96. The molecule has 1 amide bonds. The lowest BCUT2D eigenvalue weighted by Crippen LogP contribution is -2.52. The Hall–Kier alpha value is -2.66. The zero-order valence-electron chi connectivity index (χ0n) is 14.5. The number of benzene rings is 2. The van der Waals surface area contributed by atoms with Crippen LogP contribution in [0.2, 0.25) is 0 Å². The van der Waals surface area contributed by atoms with E-state index in [1.807, 2.05) is 53.3 Å². The van der Waals surface area contributed by atoms with Crippen LogP contribution in [0.1, 0.15) is 31.0 Å². The van der Waals surface area contributed by atoms with Crippen molar-refractivity contribution < 1.29 is 4.79 Å². The molecule has 5 nitrogen and oxygen atoms in total. The molecule has 5 heteroatoms. The fraction of sp³-hybridized carbons (Fsp3) is 0.300. The number of hydrogen-bond acceptors (Lipinski definition) is 3. The largest absolute Gasteiger partial charge is 0.324 e. The molecule has 0 fully saturated rings. The number of amides is 1. The quantitative estimate of drug-likeness (QED) is 0.773. The average molecular weight is 334 g/mol. The molecule has 0 atom stereocenters. The van der Waals surface area contributed by atoms with Crippen molar-refractivity contribution in [2.75, 3.05) is 5.32 Å². The lowest BCUT2D eigenvalue weighted by Gasteiger charge is -2.22. The van der Waals surface area contributed by atoms with Crippen molar-refractivity contribution in [1.82, 2.24) is 9.78 Å². The van der Waals surface area contributed by atoms with Gasteiger partial charge in [0.1, 0.15) is 5.54 Å². The number of rotatable bonds is 3. The normalized spacial score (nSPS) is 15.5. The first kappa shape index (κ1) is 15.8. The number of carbonyl (C=O) groups is 1. The van der Waals surface area contributed by atoms with Gasteiger partial charge in [0.2, 0.25) is 5.91 Å². The highest BCUT2D eigenvalue weighted by molar-refractivity contribution is 6.00. The molecule has 1 aliphatic rings. The van der Waals surface area contributed by atoms with Gasteiger partial charge in [-0.2, -0.15) is 5.10 Å². The van der Waals surface area contributed by atoms with E-state index >= 15 is 0 Å². The van der Waals surface area contributed by atoms with Gasteiger partial charge in [-0.05, 0) is 56.0 Å². The van der Waals surface area contributed by atoms with E-state index in [1.54, 1.807) is 0 Å². The fourth-order valence-electron chi connectivity index (χ4n) is 3.45. The smallest absolute Gasteiger partial charge is 0.245 e. The van der Waals surface area contributed by atoms with Crippen LogP contribution < -0.4 is 11.1 Å². The molecule has 3 N–H and O–H groups in total. The van der Waals surface area contributed by atoms with Crippen molar-refractivity contribution in [3.63, 3.8) is 0 Å². The van der Waals surface area contributed by atoms with E-state index in [0.29, 0.717) is 18.9 Å². The zero-order valence-corrected chi connectivity index (χ0v) is 14.5. The Balaban J connectivity index is 1.56. The van der Waals surface area contributed by atoms with Gasteiger partial charge in [-0.25, -0.2) is 0 Å². The van der Waals surface area contributed by atoms with Crippen LogP contribution in [0.3, 0.4) is 0 Å². The second-order valence-electron chi connectivity index (χ2n) is 7.21. The Labute approximate surface area is 146 Å². The van der Waals surface area contributed by atoms with Crippen LogP contribution in [0.15, 0.2) is 48.7 Å². The molecule has 25 heavy (non-hydrogen) atoms. The Morgan fingerprint density at radius 2 is 1.88 bits per heavy atom. The number of carbonyl (C=O) groups excluding carboxylic acids is 1. The highest BCUT2D eigenvalue weighted by atomic mass is 16.2. The highest BCUT2D eigenvalue weighted by Crippen LogP contribution is 2.29. The molecule has 0 unspecified atom stereocenters. The van der Waals surface area contributed by atoms with E-state index in [4.69, 9.17) is 5.73 Å². The summed E-state index contributed by atoms with van der Waals surface area (Å²) in [6.07, 6.45) is 3.14. The first-order valence-electron chi connectivity index (χ1n) is 8.61. The molecule has 0 aliphatic heterocycles. The summed E-state index contributed by atoms with van der Waals surface area (Å²) in [7, 11) is 0. The van der Waals surface area contributed by atoms with Crippen molar-refractivity contribution in [1.29, 1.82) is 0 Å². The van der Waals surface area contributed by atoms with Crippen LogP contribution in [-0.4, -0.2) is 21.2 Å². The monoisotopic (exact) mass is 334 g/mol. The molecule has 0 spiro atoms. The first-order valence-corrected chi connectivity index (χ1v) is 8.61. The van der Waals surface area contributed by atoms with Crippen molar-refractivity contribution in [2.24, 2.45) is 5.73 Å². The van der Waals surface area contributed by atoms with Crippen LogP contribution in [0, 0.1) is 0 Å². The molecule has 0 saturated carbocycles. The first-order chi connectivity index (χ1) is 11.9. The van der Waals surface area contributed by atoms with Crippen LogP contribution in [0.4, 0.5) is 5.69 Å². The molecule has 2 aromatic carbocycles. The van der Waals surface area contributed by atoms with Gasteiger partial charge in [0.25, 0.3) is 0 Å². The summed E-state index contributed by atoms with van der Waals surface area (Å²) in [5.41, 5.74) is 9.53. The van der Waals surface area contributed by atoms with Gasteiger partial charge in [-0.1, -0.05) is 24.3 Å². The minimum atomic E-state index is -0.888. The number of nitrogens with zero attached hydrogens (tertiary/aromatic N) is 2. The maximum absolute atomic E-state index is 12.8. The number of nitrogens with one attached hydrogen (secondary N) is 1. The molecular formula is C20H22N4O. The summed E-state index contributed by atoms with van der Waals surface area (Å²) in [6, 6.07) is 14.1. The minimum absolute atomic E-state index is 0.140. The SMILES string of the molecule is CC(C)n1cc2cc(NC(=O)C3(N)Cc4ccccc4C3)ccc2n1. The maximum atomic E-state index is 12.8. The van der Waals surface area contributed by atoms with Gasteiger partial charge in [0, 0.05) is 23.3 Å². The topological polar surface area (TPSA) is 72.9 Å². The zero-order chi connectivity index (χ0) is 17.6. The molecule has 3 aromatic rings. The van der Waals surface area contributed by atoms with Gasteiger partial charge in [0.15, 0.2) is 0 Å². The molecule has 0 radical (unpaired) electrons. The second-order valence-corrected chi connectivity index (χ2v) is 7.21. The summed E-state index contributed by atoms with van der Waals surface area (Å²) < 4.78 is 1.92.